The Morgan fingerprint density at radius 1 is 0.429 bits per heavy atom. The SMILES string of the molecule is CCCN(C)C(=O)C1=Cc2cc(-c3ccc(C(=O)N4CCCC4)cc3)ccc2N=C(N)C1.CN(C)C(=O)C1=Cc2cc(-c3ccc(C(=O)N4CCCC4)cc3)ccc2N=C(N)C1.COC(=O)C1=Cc2cc(-c3ccc(C(=O)N4CCCC4)cc3)ccc2N=C(N)C1. The van der Waals surface area contributed by atoms with Gasteiger partial charge in [0.25, 0.3) is 17.7 Å². The molecule has 0 bridgehead atoms. The number of methoxy groups -OCH3 is 1. The van der Waals surface area contributed by atoms with Crippen molar-refractivity contribution in [3.63, 3.8) is 0 Å². The first kappa shape index (κ1) is 63.8. The zero-order chi connectivity index (χ0) is 64.3. The second kappa shape index (κ2) is 28.9. The molecule has 91 heavy (non-hydrogen) atoms. The van der Waals surface area contributed by atoms with E-state index in [1.807, 2.05) is 168 Å². The summed E-state index contributed by atoms with van der Waals surface area (Å²) in [6.07, 6.45) is 13.8. The van der Waals surface area contributed by atoms with E-state index in [0.29, 0.717) is 70.4 Å². The number of benzene rings is 6. The van der Waals surface area contributed by atoms with Crippen LogP contribution < -0.4 is 17.2 Å². The minimum atomic E-state index is -0.411. The Bertz CT molecular complexity index is 3950. The molecule has 0 saturated carbocycles. The molecule has 0 unspecified atom stereocenters. The maximum Gasteiger partial charge on any atom is 0.334 e. The molecule has 3 fully saturated rings. The van der Waals surface area contributed by atoms with Gasteiger partial charge in [0, 0.05) is 136 Å². The second-order valence-electron chi connectivity index (χ2n) is 23.8. The van der Waals surface area contributed by atoms with Crippen molar-refractivity contribution >= 4 is 88.3 Å². The van der Waals surface area contributed by atoms with E-state index in [1.165, 1.54) is 7.11 Å². The summed E-state index contributed by atoms with van der Waals surface area (Å²) in [5.41, 5.74) is 32.7. The minimum Gasteiger partial charge on any atom is -0.466 e. The fourth-order valence-corrected chi connectivity index (χ4v) is 12.0. The number of fused-ring (bicyclic) bond motifs is 3. The lowest BCUT2D eigenvalue weighted by Gasteiger charge is -2.17. The van der Waals surface area contributed by atoms with E-state index < -0.39 is 5.97 Å². The summed E-state index contributed by atoms with van der Waals surface area (Å²) in [6, 6.07) is 40.8. The van der Waals surface area contributed by atoms with Crippen molar-refractivity contribution in [2.24, 2.45) is 32.2 Å². The largest absolute Gasteiger partial charge is 0.466 e. The highest BCUT2D eigenvalue weighted by molar-refractivity contribution is 6.07. The van der Waals surface area contributed by atoms with E-state index in [-0.39, 0.29) is 36.0 Å². The summed E-state index contributed by atoms with van der Waals surface area (Å²) < 4.78 is 4.85. The predicted octanol–water partition coefficient (Wildman–Crippen LogP) is 11.2. The maximum atomic E-state index is 12.9. The van der Waals surface area contributed by atoms with E-state index in [4.69, 9.17) is 21.9 Å². The van der Waals surface area contributed by atoms with Crippen LogP contribution in [0.3, 0.4) is 0 Å². The summed E-state index contributed by atoms with van der Waals surface area (Å²) in [5, 5.41) is 0. The minimum absolute atomic E-state index is 0.0203. The highest BCUT2D eigenvalue weighted by Crippen LogP contribution is 2.36. The Morgan fingerprint density at radius 3 is 1.03 bits per heavy atom. The second-order valence-corrected chi connectivity index (χ2v) is 23.8. The molecule has 0 aromatic heterocycles. The number of nitrogens with two attached hydrogens (primary N) is 3. The average molecular weight is 1220 g/mol. The third kappa shape index (κ3) is 15.4. The first-order valence-corrected chi connectivity index (χ1v) is 31.2. The molecule has 6 aromatic rings. The van der Waals surface area contributed by atoms with Crippen molar-refractivity contribution in [3.8, 4) is 33.4 Å². The van der Waals surface area contributed by atoms with Gasteiger partial charge < -0.3 is 46.4 Å². The van der Waals surface area contributed by atoms with Gasteiger partial charge in [-0.2, -0.15) is 0 Å². The van der Waals surface area contributed by atoms with Crippen molar-refractivity contribution in [2.45, 2.75) is 71.1 Å². The van der Waals surface area contributed by atoms with Gasteiger partial charge in [0.1, 0.15) is 17.5 Å². The van der Waals surface area contributed by atoms with Gasteiger partial charge >= 0.3 is 5.97 Å². The van der Waals surface area contributed by atoms with Gasteiger partial charge in [0.05, 0.1) is 24.2 Å². The summed E-state index contributed by atoms with van der Waals surface area (Å²) >= 11 is 0. The molecule has 6 aliphatic heterocycles. The number of nitrogens with zero attached hydrogens (tertiary/aromatic N) is 8. The fraction of sp³-hybridized carbons (Fsp3) is 0.301. The Labute approximate surface area is 532 Å². The molecular formula is C73H79N11O7. The summed E-state index contributed by atoms with van der Waals surface area (Å²) in [6.45, 7) is 7.79. The lowest BCUT2D eigenvalue weighted by molar-refractivity contribution is -0.136. The number of hydrogen-bond donors (Lipinski definition) is 3. The van der Waals surface area contributed by atoms with Gasteiger partial charge in [-0.25, -0.2) is 19.8 Å². The third-order valence-corrected chi connectivity index (χ3v) is 16.9. The normalized spacial score (nSPS) is 15.7. The number of esters is 1. The monoisotopic (exact) mass is 1220 g/mol. The van der Waals surface area contributed by atoms with Crippen molar-refractivity contribution in [2.75, 3.05) is 74.1 Å². The number of carbonyl (C=O) groups is 6. The van der Waals surface area contributed by atoms with Crippen LogP contribution in [-0.4, -0.2) is 152 Å². The first-order valence-electron chi connectivity index (χ1n) is 31.2. The van der Waals surface area contributed by atoms with Crippen molar-refractivity contribution < 1.29 is 33.5 Å². The average Bonchev–Trinajstić information content (AvgIpc) is 2.59. The number of likely N-dealkylation sites (N-methyl/N-ethyl adjacent to an activating group) is 2. The van der Waals surface area contributed by atoms with Gasteiger partial charge in [-0.1, -0.05) is 61.5 Å². The van der Waals surface area contributed by atoms with E-state index in [0.717, 1.165) is 151 Å². The number of amides is 5. The lowest BCUT2D eigenvalue weighted by Crippen LogP contribution is -2.30. The molecular weight excluding hydrogens is 1140 g/mol. The molecule has 468 valence electrons. The van der Waals surface area contributed by atoms with Crippen LogP contribution in [0.15, 0.2) is 159 Å². The third-order valence-electron chi connectivity index (χ3n) is 16.9. The van der Waals surface area contributed by atoms with Crippen LogP contribution in [-0.2, 0) is 19.1 Å². The van der Waals surface area contributed by atoms with Gasteiger partial charge in [-0.05, 0) is 169 Å². The van der Waals surface area contributed by atoms with Crippen LogP contribution in [0.5, 0.6) is 0 Å². The van der Waals surface area contributed by atoms with Crippen LogP contribution in [0.25, 0.3) is 51.6 Å². The maximum absolute atomic E-state index is 12.9. The highest BCUT2D eigenvalue weighted by atomic mass is 16.5. The number of hydrogen-bond acceptors (Lipinski definition) is 13. The molecule has 18 nitrogen and oxygen atoms in total. The van der Waals surface area contributed by atoms with Crippen molar-refractivity contribution in [3.05, 3.63) is 177 Å². The number of carbonyl (C=O) groups excluding carboxylic acids is 6. The van der Waals surface area contributed by atoms with Crippen LogP contribution in [0, 0.1) is 0 Å². The van der Waals surface area contributed by atoms with Crippen LogP contribution in [0.1, 0.15) is 119 Å². The fourth-order valence-electron chi connectivity index (χ4n) is 12.0. The van der Waals surface area contributed by atoms with Crippen LogP contribution in [0.2, 0.25) is 0 Å². The zero-order valence-electron chi connectivity index (χ0n) is 52.5. The predicted molar refractivity (Wildman–Crippen MR) is 361 cm³/mol. The Hall–Kier alpha value is -10.2. The van der Waals surface area contributed by atoms with Crippen molar-refractivity contribution in [1.29, 1.82) is 0 Å². The van der Waals surface area contributed by atoms with Gasteiger partial charge in [0.15, 0.2) is 0 Å². The lowest BCUT2D eigenvalue weighted by atomic mass is 9.99. The smallest absolute Gasteiger partial charge is 0.334 e. The summed E-state index contributed by atoms with van der Waals surface area (Å²) in [7, 11) is 6.62. The molecule has 6 N–H and O–H groups in total. The van der Waals surface area contributed by atoms with Crippen LogP contribution in [0.4, 0.5) is 17.1 Å². The molecule has 0 aliphatic carbocycles. The number of amidine groups is 3. The topological polar surface area (TPSA) is 243 Å². The van der Waals surface area contributed by atoms with E-state index in [9.17, 15) is 28.8 Å². The molecule has 6 aromatic carbocycles. The molecule has 6 heterocycles. The molecule has 0 radical (unpaired) electrons. The standard InChI is InChI=1S/C26H30N4O2.C24H26N4O2.C23H23N3O3/c1-3-12-29(2)25(31)22-16-21-15-20(10-11-23(21)28-24(27)17-22)18-6-8-19(9-7-18)26(32)30-13-4-5-14-30;1-27(2)23(29)20-14-19-13-18(9-10-21(19)26-22(25)15-20)16-5-7-17(8-6-16)24(30)28-11-3-4-12-28;1-29-23(28)19-13-18-12-17(8-9-20(18)25-21(24)14-19)15-4-6-16(7-5-15)22(27)26-10-2-3-11-26/h6-11,15-16H,3-5,12-14,17H2,1-2H3,(H2,27,28);5-10,13-14H,3-4,11-12,15H2,1-2H3,(H2,25,26);4-9,12-13H,2-3,10-11,14H2,1H3,(H2,24,25). The summed E-state index contributed by atoms with van der Waals surface area (Å²) in [4.78, 5) is 97.5. The van der Waals surface area contributed by atoms with E-state index in [1.54, 1.807) is 30.0 Å². The number of rotatable bonds is 11. The van der Waals surface area contributed by atoms with Gasteiger partial charge in [-0.3, -0.25) is 24.0 Å². The van der Waals surface area contributed by atoms with E-state index in [2.05, 4.69) is 15.0 Å². The highest BCUT2D eigenvalue weighted by Gasteiger charge is 2.25. The van der Waals surface area contributed by atoms with Crippen LogP contribution >= 0.6 is 0 Å². The quantitative estimate of drug-likeness (QED) is 0.104. The Morgan fingerprint density at radius 2 is 0.725 bits per heavy atom. The number of aliphatic imine (C=N–C) groups is 3. The summed E-state index contributed by atoms with van der Waals surface area (Å²) in [5.74, 6) is 1.02. The molecule has 3 saturated heterocycles. The molecule has 18 heteroatoms. The van der Waals surface area contributed by atoms with Gasteiger partial charge in [-0.15, -0.1) is 0 Å². The molecule has 0 spiro atoms. The van der Waals surface area contributed by atoms with Crippen molar-refractivity contribution in [1.82, 2.24) is 24.5 Å². The van der Waals surface area contributed by atoms with Gasteiger partial charge in [0.2, 0.25) is 11.8 Å². The molecule has 5 amide bonds. The van der Waals surface area contributed by atoms with E-state index >= 15 is 0 Å². The Balaban J connectivity index is 0.000000150. The molecule has 0 atom stereocenters. The molecule has 6 aliphatic rings. The molecule has 12 rings (SSSR count). The number of likely N-dealkylation sites (tertiary alicyclic amines) is 3. The number of ether oxygens (including phenoxy) is 1. The Kier molecular flexibility index (Phi) is 20.3. The first-order chi connectivity index (χ1) is 43.9. The zero-order valence-corrected chi connectivity index (χ0v) is 52.5.